The molecule has 1 aromatic carbocycles. The summed E-state index contributed by atoms with van der Waals surface area (Å²) in [5.41, 5.74) is 0.0248. The number of benzene rings is 1. The van der Waals surface area contributed by atoms with Crippen molar-refractivity contribution >= 4 is 18.3 Å². The maximum Gasteiger partial charge on any atom is 0.255 e. The summed E-state index contributed by atoms with van der Waals surface area (Å²) in [6.45, 7) is 3.81. The van der Waals surface area contributed by atoms with E-state index in [0.717, 1.165) is 25.9 Å². The molecular weight excluding hydrogens is 280 g/mol. The van der Waals surface area contributed by atoms with Crippen molar-refractivity contribution in [3.8, 4) is 11.5 Å². The Morgan fingerprint density at radius 3 is 2.65 bits per heavy atom. The summed E-state index contributed by atoms with van der Waals surface area (Å²) in [6.07, 6.45) is 1.76. The van der Waals surface area contributed by atoms with Crippen LogP contribution in [-0.2, 0) is 0 Å². The Balaban J connectivity index is 0.00000200. The van der Waals surface area contributed by atoms with Crippen LogP contribution >= 0.6 is 12.4 Å². The number of carbonyl (C=O) groups is 1. The van der Waals surface area contributed by atoms with E-state index in [4.69, 9.17) is 4.74 Å². The molecule has 3 N–H and O–H groups in total. The predicted molar refractivity (Wildman–Crippen MR) is 79.9 cm³/mol. The van der Waals surface area contributed by atoms with Crippen LogP contribution in [0.1, 0.15) is 30.1 Å². The van der Waals surface area contributed by atoms with Crippen LogP contribution in [0.2, 0.25) is 0 Å². The maximum absolute atomic E-state index is 12.3. The summed E-state index contributed by atoms with van der Waals surface area (Å²) < 4.78 is 5.07. The summed E-state index contributed by atoms with van der Waals surface area (Å²) >= 11 is 0. The third-order valence-electron chi connectivity index (χ3n) is 3.57. The standard InChI is InChI=1S/C14H20N2O3.ClH/c1-14(5-7-15-8-6-14)16-13(18)11-9-10(19-2)3-4-12(11)17;/h3-4,9,15,17H,5-8H2,1-2H3,(H,16,18);1H. The van der Waals surface area contributed by atoms with Gasteiger partial charge in [-0.15, -0.1) is 12.4 Å². The summed E-state index contributed by atoms with van der Waals surface area (Å²) in [6, 6.07) is 4.64. The predicted octanol–water partition coefficient (Wildman–Crippen LogP) is 1.69. The van der Waals surface area contributed by atoms with Gasteiger partial charge in [-0.25, -0.2) is 0 Å². The number of rotatable bonds is 3. The van der Waals surface area contributed by atoms with Crippen molar-refractivity contribution in [3.05, 3.63) is 23.8 Å². The van der Waals surface area contributed by atoms with E-state index in [-0.39, 0.29) is 35.2 Å². The van der Waals surface area contributed by atoms with Crippen LogP contribution in [0.25, 0.3) is 0 Å². The number of nitrogens with one attached hydrogen (secondary N) is 2. The van der Waals surface area contributed by atoms with Crippen molar-refractivity contribution in [3.63, 3.8) is 0 Å². The fourth-order valence-electron chi connectivity index (χ4n) is 2.27. The molecule has 5 nitrogen and oxygen atoms in total. The van der Waals surface area contributed by atoms with E-state index in [2.05, 4.69) is 10.6 Å². The van der Waals surface area contributed by atoms with Gasteiger partial charge in [0.25, 0.3) is 5.91 Å². The second-order valence-electron chi connectivity index (χ2n) is 5.15. The van der Waals surface area contributed by atoms with Gasteiger partial charge in [-0.3, -0.25) is 4.79 Å². The van der Waals surface area contributed by atoms with Crippen molar-refractivity contribution in [1.82, 2.24) is 10.6 Å². The molecule has 1 saturated heterocycles. The molecule has 6 heteroatoms. The largest absolute Gasteiger partial charge is 0.507 e. The summed E-state index contributed by atoms with van der Waals surface area (Å²) in [7, 11) is 1.53. The lowest BCUT2D eigenvalue weighted by Crippen LogP contribution is -2.52. The zero-order valence-electron chi connectivity index (χ0n) is 11.7. The average Bonchev–Trinajstić information content (AvgIpc) is 2.39. The number of aromatic hydroxyl groups is 1. The van der Waals surface area contributed by atoms with E-state index in [1.807, 2.05) is 6.92 Å². The fourth-order valence-corrected chi connectivity index (χ4v) is 2.27. The van der Waals surface area contributed by atoms with E-state index in [1.54, 1.807) is 12.1 Å². The SMILES string of the molecule is COc1ccc(O)c(C(=O)NC2(C)CCNCC2)c1.Cl. The van der Waals surface area contributed by atoms with Crippen LogP contribution in [-0.4, -0.2) is 36.8 Å². The number of ether oxygens (including phenoxy) is 1. The third kappa shape index (κ3) is 3.77. The normalized spacial score (nSPS) is 16.9. The molecule has 0 unspecified atom stereocenters. The molecule has 0 atom stereocenters. The molecule has 0 aromatic heterocycles. The lowest BCUT2D eigenvalue weighted by atomic mass is 9.90. The highest BCUT2D eigenvalue weighted by Crippen LogP contribution is 2.24. The quantitative estimate of drug-likeness (QED) is 0.794. The van der Waals surface area contributed by atoms with Crippen LogP contribution < -0.4 is 15.4 Å². The molecule has 0 bridgehead atoms. The highest BCUT2D eigenvalue weighted by atomic mass is 35.5. The topological polar surface area (TPSA) is 70.6 Å². The molecule has 0 spiro atoms. The summed E-state index contributed by atoms with van der Waals surface area (Å²) in [5, 5.41) is 16.1. The fraction of sp³-hybridized carbons (Fsp3) is 0.500. The number of phenols is 1. The molecule has 1 aliphatic heterocycles. The van der Waals surface area contributed by atoms with Crippen LogP contribution in [0, 0.1) is 0 Å². The number of halogens is 1. The zero-order valence-corrected chi connectivity index (χ0v) is 12.5. The molecule has 0 radical (unpaired) electrons. The monoisotopic (exact) mass is 300 g/mol. The average molecular weight is 301 g/mol. The third-order valence-corrected chi connectivity index (χ3v) is 3.57. The zero-order chi connectivity index (χ0) is 13.9. The van der Waals surface area contributed by atoms with Crippen molar-refractivity contribution in [2.75, 3.05) is 20.2 Å². The second-order valence-corrected chi connectivity index (χ2v) is 5.15. The molecule has 0 saturated carbocycles. The molecule has 2 rings (SSSR count). The first kappa shape index (κ1) is 16.6. The number of hydrogen-bond donors (Lipinski definition) is 3. The minimum atomic E-state index is -0.263. The van der Waals surface area contributed by atoms with Crippen molar-refractivity contribution in [2.24, 2.45) is 0 Å². The Kier molecular flexibility index (Phi) is 5.65. The Hall–Kier alpha value is -1.46. The van der Waals surface area contributed by atoms with Crippen LogP contribution in [0.15, 0.2) is 18.2 Å². The molecule has 20 heavy (non-hydrogen) atoms. The van der Waals surface area contributed by atoms with Crippen molar-refractivity contribution in [1.29, 1.82) is 0 Å². The Labute approximate surface area is 125 Å². The van der Waals surface area contributed by atoms with E-state index in [1.165, 1.54) is 13.2 Å². The van der Waals surface area contributed by atoms with Gasteiger partial charge in [-0.2, -0.15) is 0 Å². The van der Waals surface area contributed by atoms with E-state index in [0.29, 0.717) is 5.75 Å². The van der Waals surface area contributed by atoms with Crippen LogP contribution in [0.4, 0.5) is 0 Å². The Bertz CT molecular complexity index is 473. The number of carbonyl (C=O) groups excluding carboxylic acids is 1. The highest BCUT2D eigenvalue weighted by molar-refractivity contribution is 5.97. The van der Waals surface area contributed by atoms with Gasteiger partial charge in [-0.1, -0.05) is 0 Å². The molecular formula is C14H21ClN2O3. The molecule has 1 fully saturated rings. The summed E-state index contributed by atoms with van der Waals surface area (Å²) in [4.78, 5) is 12.3. The van der Waals surface area contributed by atoms with Gasteiger partial charge < -0.3 is 20.5 Å². The van der Waals surface area contributed by atoms with Gasteiger partial charge in [0, 0.05) is 5.54 Å². The molecule has 112 valence electrons. The number of hydrogen-bond acceptors (Lipinski definition) is 4. The minimum absolute atomic E-state index is 0. The number of amides is 1. The Morgan fingerprint density at radius 2 is 2.05 bits per heavy atom. The maximum atomic E-state index is 12.3. The van der Waals surface area contributed by atoms with Gasteiger partial charge in [0.15, 0.2) is 0 Å². The Morgan fingerprint density at radius 1 is 1.40 bits per heavy atom. The lowest BCUT2D eigenvalue weighted by molar-refractivity contribution is 0.0884. The van der Waals surface area contributed by atoms with E-state index in [9.17, 15) is 9.90 Å². The molecule has 1 aromatic rings. The van der Waals surface area contributed by atoms with Gasteiger partial charge in [-0.05, 0) is 51.1 Å². The molecule has 1 heterocycles. The van der Waals surface area contributed by atoms with Gasteiger partial charge in [0.05, 0.1) is 12.7 Å². The highest BCUT2D eigenvalue weighted by Gasteiger charge is 2.29. The van der Waals surface area contributed by atoms with E-state index >= 15 is 0 Å². The molecule has 1 aliphatic rings. The number of phenolic OH excluding ortho intramolecular Hbond substituents is 1. The first-order valence-electron chi connectivity index (χ1n) is 6.44. The smallest absolute Gasteiger partial charge is 0.255 e. The number of piperidine rings is 1. The molecule has 1 amide bonds. The summed E-state index contributed by atoms with van der Waals surface area (Å²) in [5.74, 6) is 0.259. The van der Waals surface area contributed by atoms with Gasteiger partial charge in [0.2, 0.25) is 0 Å². The minimum Gasteiger partial charge on any atom is -0.507 e. The first-order valence-corrected chi connectivity index (χ1v) is 6.44. The number of methoxy groups -OCH3 is 1. The van der Waals surface area contributed by atoms with Gasteiger partial charge in [0.1, 0.15) is 11.5 Å². The lowest BCUT2D eigenvalue weighted by Gasteiger charge is -2.35. The van der Waals surface area contributed by atoms with Gasteiger partial charge >= 0.3 is 0 Å². The van der Waals surface area contributed by atoms with Crippen LogP contribution in [0.5, 0.6) is 11.5 Å². The second kappa shape index (κ2) is 6.81. The van der Waals surface area contributed by atoms with E-state index < -0.39 is 0 Å². The van der Waals surface area contributed by atoms with Crippen molar-refractivity contribution < 1.29 is 14.6 Å². The van der Waals surface area contributed by atoms with Crippen molar-refractivity contribution in [2.45, 2.75) is 25.3 Å². The first-order chi connectivity index (χ1) is 9.04. The molecule has 0 aliphatic carbocycles. The van der Waals surface area contributed by atoms with Crippen LogP contribution in [0.3, 0.4) is 0 Å².